The molecule has 16 heavy (non-hydrogen) atoms. The molecule has 1 saturated carbocycles. The molecule has 1 atom stereocenters. The molecule has 94 valence electrons. The fourth-order valence-corrected chi connectivity index (χ4v) is 2.82. The van der Waals surface area contributed by atoms with Crippen molar-refractivity contribution in [2.75, 3.05) is 40.4 Å². The highest BCUT2D eigenvalue weighted by Crippen LogP contribution is 2.33. The first-order valence-corrected chi connectivity index (χ1v) is 6.72. The lowest BCUT2D eigenvalue weighted by molar-refractivity contribution is 0.0944. The molecule has 1 aliphatic heterocycles. The van der Waals surface area contributed by atoms with Gasteiger partial charge in [0.1, 0.15) is 0 Å². The van der Waals surface area contributed by atoms with E-state index in [9.17, 15) is 0 Å². The molecule has 1 N–H and O–H groups in total. The van der Waals surface area contributed by atoms with Gasteiger partial charge in [-0.15, -0.1) is 0 Å². The molecular formula is C13H26N2O. The first-order chi connectivity index (χ1) is 7.83. The summed E-state index contributed by atoms with van der Waals surface area (Å²) in [6.45, 7) is 4.73. The van der Waals surface area contributed by atoms with E-state index < -0.39 is 0 Å². The van der Waals surface area contributed by atoms with Crippen molar-refractivity contribution in [3.8, 4) is 0 Å². The lowest BCUT2D eigenvalue weighted by Crippen LogP contribution is -2.44. The van der Waals surface area contributed by atoms with Crippen molar-refractivity contribution in [2.45, 2.75) is 31.7 Å². The van der Waals surface area contributed by atoms with E-state index in [4.69, 9.17) is 4.74 Å². The van der Waals surface area contributed by atoms with Gasteiger partial charge in [0.05, 0.1) is 0 Å². The van der Waals surface area contributed by atoms with E-state index in [1.54, 1.807) is 0 Å². The molecule has 0 aromatic heterocycles. The van der Waals surface area contributed by atoms with Crippen LogP contribution >= 0.6 is 0 Å². The Morgan fingerprint density at radius 1 is 1.25 bits per heavy atom. The van der Waals surface area contributed by atoms with E-state index in [0.717, 1.165) is 24.5 Å². The number of hydrogen-bond donors (Lipinski definition) is 1. The van der Waals surface area contributed by atoms with Gasteiger partial charge in [-0.25, -0.2) is 0 Å². The zero-order valence-corrected chi connectivity index (χ0v) is 10.7. The average Bonchev–Trinajstić information content (AvgIpc) is 3.12. The summed E-state index contributed by atoms with van der Waals surface area (Å²) in [5.74, 6) is 1.76. The van der Waals surface area contributed by atoms with Gasteiger partial charge in [-0.2, -0.15) is 0 Å². The SMILES string of the molecule is CNC(CN1CCC(COC)CC1)C1CC1. The number of likely N-dealkylation sites (tertiary alicyclic amines) is 1. The van der Waals surface area contributed by atoms with Crippen molar-refractivity contribution < 1.29 is 4.74 Å². The van der Waals surface area contributed by atoms with Crippen LogP contribution in [0, 0.1) is 11.8 Å². The normalized spacial score (nSPS) is 25.9. The van der Waals surface area contributed by atoms with E-state index in [-0.39, 0.29) is 0 Å². The largest absolute Gasteiger partial charge is 0.384 e. The second-order valence-corrected chi connectivity index (χ2v) is 5.43. The number of likely N-dealkylation sites (N-methyl/N-ethyl adjacent to an activating group) is 1. The Morgan fingerprint density at radius 2 is 1.94 bits per heavy atom. The predicted octanol–water partition coefficient (Wildman–Crippen LogP) is 1.34. The van der Waals surface area contributed by atoms with Gasteiger partial charge in [0.15, 0.2) is 0 Å². The van der Waals surface area contributed by atoms with Gasteiger partial charge >= 0.3 is 0 Å². The fourth-order valence-electron chi connectivity index (χ4n) is 2.82. The maximum absolute atomic E-state index is 5.24. The van der Waals surface area contributed by atoms with Crippen molar-refractivity contribution in [2.24, 2.45) is 11.8 Å². The van der Waals surface area contributed by atoms with Crippen molar-refractivity contribution in [3.63, 3.8) is 0 Å². The molecule has 0 radical (unpaired) electrons. The molecule has 3 nitrogen and oxygen atoms in total. The third kappa shape index (κ3) is 3.44. The van der Waals surface area contributed by atoms with Crippen LogP contribution in [0.25, 0.3) is 0 Å². The van der Waals surface area contributed by atoms with Crippen molar-refractivity contribution in [1.82, 2.24) is 10.2 Å². The number of rotatable bonds is 6. The van der Waals surface area contributed by atoms with Crippen LogP contribution in [0.1, 0.15) is 25.7 Å². The summed E-state index contributed by atoms with van der Waals surface area (Å²) >= 11 is 0. The number of hydrogen-bond acceptors (Lipinski definition) is 3. The average molecular weight is 226 g/mol. The molecule has 1 heterocycles. The van der Waals surface area contributed by atoms with Crippen molar-refractivity contribution in [1.29, 1.82) is 0 Å². The van der Waals surface area contributed by atoms with Gasteiger partial charge < -0.3 is 15.0 Å². The van der Waals surface area contributed by atoms with Crippen molar-refractivity contribution in [3.05, 3.63) is 0 Å². The highest BCUT2D eigenvalue weighted by atomic mass is 16.5. The second kappa shape index (κ2) is 5.99. The van der Waals surface area contributed by atoms with E-state index in [1.165, 1.54) is 45.3 Å². The Balaban J connectivity index is 1.67. The molecule has 1 unspecified atom stereocenters. The number of piperidine rings is 1. The maximum Gasteiger partial charge on any atom is 0.0491 e. The second-order valence-electron chi connectivity index (χ2n) is 5.43. The highest BCUT2D eigenvalue weighted by Gasteiger charge is 2.32. The molecule has 0 amide bonds. The monoisotopic (exact) mass is 226 g/mol. The molecule has 2 rings (SSSR count). The minimum atomic E-state index is 0.735. The number of nitrogens with one attached hydrogen (secondary N) is 1. The lowest BCUT2D eigenvalue weighted by atomic mass is 9.97. The van der Waals surface area contributed by atoms with E-state index in [1.807, 2.05) is 7.11 Å². The molecular weight excluding hydrogens is 200 g/mol. The third-order valence-electron chi connectivity index (χ3n) is 4.13. The van der Waals surface area contributed by atoms with Gasteiger partial charge in [-0.05, 0) is 57.7 Å². The first kappa shape index (κ1) is 12.3. The molecule has 3 heteroatoms. The molecule has 0 bridgehead atoms. The van der Waals surface area contributed by atoms with Gasteiger partial charge in [-0.3, -0.25) is 0 Å². The van der Waals surface area contributed by atoms with E-state index in [0.29, 0.717) is 0 Å². The summed E-state index contributed by atoms with van der Waals surface area (Å²) in [4.78, 5) is 2.63. The lowest BCUT2D eigenvalue weighted by Gasteiger charge is -2.34. The van der Waals surface area contributed by atoms with Crippen LogP contribution in [0.5, 0.6) is 0 Å². The van der Waals surface area contributed by atoms with E-state index >= 15 is 0 Å². The quantitative estimate of drug-likeness (QED) is 0.740. The molecule has 0 aromatic rings. The maximum atomic E-state index is 5.24. The molecule has 1 aliphatic carbocycles. The van der Waals surface area contributed by atoms with Crippen LogP contribution in [0.2, 0.25) is 0 Å². The fraction of sp³-hybridized carbons (Fsp3) is 1.00. The highest BCUT2D eigenvalue weighted by molar-refractivity contribution is 4.88. The van der Waals surface area contributed by atoms with Gasteiger partial charge in [-0.1, -0.05) is 0 Å². The first-order valence-electron chi connectivity index (χ1n) is 6.72. The zero-order valence-electron chi connectivity index (χ0n) is 10.7. The van der Waals surface area contributed by atoms with Gasteiger partial charge in [0.2, 0.25) is 0 Å². The summed E-state index contributed by atoms with van der Waals surface area (Å²) < 4.78 is 5.24. The Morgan fingerprint density at radius 3 is 2.44 bits per heavy atom. The topological polar surface area (TPSA) is 24.5 Å². The number of nitrogens with zero attached hydrogens (tertiary/aromatic N) is 1. The molecule has 2 aliphatic rings. The molecule has 2 fully saturated rings. The predicted molar refractivity (Wildman–Crippen MR) is 66.6 cm³/mol. The zero-order chi connectivity index (χ0) is 11.4. The van der Waals surface area contributed by atoms with Crippen LogP contribution in [-0.4, -0.2) is 51.3 Å². The van der Waals surface area contributed by atoms with Crippen LogP contribution in [0.3, 0.4) is 0 Å². The summed E-state index contributed by atoms with van der Waals surface area (Å²) in [6.07, 6.45) is 5.50. The van der Waals surface area contributed by atoms with Crippen LogP contribution in [0.4, 0.5) is 0 Å². The van der Waals surface area contributed by atoms with Gasteiger partial charge in [0, 0.05) is 26.3 Å². The molecule has 0 aromatic carbocycles. The minimum Gasteiger partial charge on any atom is -0.384 e. The smallest absolute Gasteiger partial charge is 0.0491 e. The summed E-state index contributed by atoms with van der Waals surface area (Å²) in [7, 11) is 3.93. The van der Waals surface area contributed by atoms with E-state index in [2.05, 4.69) is 17.3 Å². The number of methoxy groups -OCH3 is 1. The summed E-state index contributed by atoms with van der Waals surface area (Å²) in [5.41, 5.74) is 0. The Bertz CT molecular complexity index is 198. The van der Waals surface area contributed by atoms with Crippen LogP contribution in [0.15, 0.2) is 0 Å². The Hall–Kier alpha value is -0.120. The Labute approximate surface area is 99.5 Å². The summed E-state index contributed by atoms with van der Waals surface area (Å²) in [6, 6.07) is 0.735. The Kier molecular flexibility index (Phi) is 4.62. The third-order valence-corrected chi connectivity index (χ3v) is 4.13. The van der Waals surface area contributed by atoms with Crippen molar-refractivity contribution >= 4 is 0 Å². The standard InChI is InChI=1S/C13H26N2O/c1-14-13(12-3-4-12)9-15-7-5-11(6-8-15)10-16-2/h11-14H,3-10H2,1-2H3. The van der Waals surface area contributed by atoms with Crippen LogP contribution < -0.4 is 5.32 Å². The van der Waals surface area contributed by atoms with Crippen LogP contribution in [-0.2, 0) is 4.74 Å². The number of ether oxygens (including phenoxy) is 1. The van der Waals surface area contributed by atoms with Gasteiger partial charge in [0.25, 0.3) is 0 Å². The molecule has 1 saturated heterocycles. The molecule has 0 spiro atoms. The summed E-state index contributed by atoms with van der Waals surface area (Å²) in [5, 5.41) is 3.48. The minimum absolute atomic E-state index is 0.735.